The number of ether oxygens (including phenoxy) is 1. The maximum Gasteiger partial charge on any atom is 0.233 e. The first-order chi connectivity index (χ1) is 8.66. The molecule has 0 spiro atoms. The van der Waals surface area contributed by atoms with E-state index in [1.165, 1.54) is 0 Å². The topological polar surface area (TPSA) is 55.6 Å². The van der Waals surface area contributed by atoms with Crippen LogP contribution < -0.4 is 5.73 Å². The Morgan fingerprint density at radius 3 is 3.00 bits per heavy atom. The van der Waals surface area contributed by atoms with Crippen LogP contribution in [0, 0.1) is 5.92 Å². The molecule has 1 saturated carbocycles. The number of hydrogen-bond acceptors (Lipinski definition) is 4. The predicted octanol–water partition coefficient (Wildman–Crippen LogP) is 1.07. The number of hydrogen-bond donors (Lipinski definition) is 1. The zero-order valence-electron chi connectivity index (χ0n) is 10.9. The first kappa shape index (κ1) is 13.5. The van der Waals surface area contributed by atoms with Gasteiger partial charge in [0.05, 0.1) is 12.0 Å². The summed E-state index contributed by atoms with van der Waals surface area (Å²) in [6, 6.07) is 2.04. The standard InChI is InChI=1S/C13H20N2O2S/c1-15(4-5-17-2)12(16)13(7-11(13)8-14)10-3-6-18-9-10/h3,6,9,11H,4-5,7-8,14H2,1-2H3/t11-,13+/m0/s1. The molecular weight excluding hydrogens is 248 g/mol. The Balaban J connectivity index is 2.15. The number of carbonyl (C=O) groups is 1. The van der Waals surface area contributed by atoms with Crippen molar-refractivity contribution in [3.8, 4) is 0 Å². The Morgan fingerprint density at radius 1 is 1.72 bits per heavy atom. The van der Waals surface area contributed by atoms with Crippen molar-refractivity contribution in [3.63, 3.8) is 0 Å². The molecule has 1 aliphatic rings. The van der Waals surface area contributed by atoms with Gasteiger partial charge in [0.2, 0.25) is 5.91 Å². The SMILES string of the molecule is COCCN(C)C(=O)[C@@]1(c2ccsc2)C[C@H]1CN. The molecule has 1 aliphatic carbocycles. The third kappa shape index (κ3) is 2.18. The lowest BCUT2D eigenvalue weighted by Gasteiger charge is -2.24. The highest BCUT2D eigenvalue weighted by Gasteiger charge is 2.61. The summed E-state index contributed by atoms with van der Waals surface area (Å²) in [6.45, 7) is 1.76. The van der Waals surface area contributed by atoms with Gasteiger partial charge in [-0.25, -0.2) is 0 Å². The van der Waals surface area contributed by atoms with Crippen molar-refractivity contribution in [3.05, 3.63) is 22.4 Å². The van der Waals surface area contributed by atoms with Crippen molar-refractivity contribution in [2.45, 2.75) is 11.8 Å². The molecule has 0 radical (unpaired) electrons. The smallest absolute Gasteiger partial charge is 0.233 e. The fourth-order valence-corrected chi connectivity index (χ4v) is 3.28. The van der Waals surface area contributed by atoms with Crippen molar-refractivity contribution in [1.82, 2.24) is 4.90 Å². The van der Waals surface area contributed by atoms with Gasteiger partial charge in [0.15, 0.2) is 0 Å². The number of thiophene rings is 1. The Labute approximate surface area is 112 Å². The van der Waals surface area contributed by atoms with Crippen LogP contribution in [0.5, 0.6) is 0 Å². The normalized spacial score (nSPS) is 26.1. The third-order valence-electron chi connectivity index (χ3n) is 3.79. The highest BCUT2D eigenvalue weighted by molar-refractivity contribution is 7.08. The van der Waals surface area contributed by atoms with Gasteiger partial charge >= 0.3 is 0 Å². The second-order valence-corrected chi connectivity index (χ2v) is 5.62. The molecule has 1 amide bonds. The van der Waals surface area contributed by atoms with Gasteiger partial charge in [-0.3, -0.25) is 4.79 Å². The largest absolute Gasteiger partial charge is 0.383 e. The molecule has 0 aromatic carbocycles. The minimum absolute atomic E-state index is 0.174. The van der Waals surface area contributed by atoms with Crippen LogP contribution in [-0.4, -0.2) is 44.7 Å². The summed E-state index contributed by atoms with van der Waals surface area (Å²) < 4.78 is 5.02. The molecule has 0 saturated heterocycles. The second-order valence-electron chi connectivity index (χ2n) is 4.84. The molecule has 1 heterocycles. The Morgan fingerprint density at radius 2 is 2.50 bits per heavy atom. The van der Waals surface area contributed by atoms with E-state index in [0.717, 1.165) is 12.0 Å². The van der Waals surface area contributed by atoms with Crippen LogP contribution in [0.25, 0.3) is 0 Å². The molecule has 1 fully saturated rings. The summed E-state index contributed by atoms with van der Waals surface area (Å²) in [5.41, 5.74) is 6.52. The van der Waals surface area contributed by atoms with E-state index in [-0.39, 0.29) is 17.2 Å². The number of amides is 1. The van der Waals surface area contributed by atoms with Gasteiger partial charge < -0.3 is 15.4 Å². The number of nitrogens with zero attached hydrogens (tertiary/aromatic N) is 1. The fourth-order valence-electron chi connectivity index (χ4n) is 2.54. The summed E-state index contributed by atoms with van der Waals surface area (Å²) in [5.74, 6) is 0.456. The number of nitrogens with two attached hydrogens (primary N) is 1. The van der Waals surface area contributed by atoms with Crippen LogP contribution in [0.15, 0.2) is 16.8 Å². The quantitative estimate of drug-likeness (QED) is 0.839. The van der Waals surface area contributed by atoms with Gasteiger partial charge in [0.25, 0.3) is 0 Å². The second kappa shape index (κ2) is 5.38. The molecule has 0 bridgehead atoms. The zero-order chi connectivity index (χ0) is 13.2. The van der Waals surface area contributed by atoms with Crippen LogP contribution in [0.2, 0.25) is 0 Å². The number of carbonyl (C=O) groups excluding carboxylic acids is 1. The summed E-state index contributed by atoms with van der Waals surface area (Å²) in [5, 5.41) is 4.09. The van der Waals surface area contributed by atoms with Crippen LogP contribution >= 0.6 is 11.3 Å². The van der Waals surface area contributed by atoms with Crippen LogP contribution in [-0.2, 0) is 14.9 Å². The minimum atomic E-state index is -0.364. The lowest BCUT2D eigenvalue weighted by atomic mass is 9.94. The van der Waals surface area contributed by atoms with Gasteiger partial charge in [-0.05, 0) is 41.3 Å². The Bertz CT molecular complexity index is 407. The van der Waals surface area contributed by atoms with Crippen LogP contribution in [0.4, 0.5) is 0 Å². The van der Waals surface area contributed by atoms with Gasteiger partial charge in [-0.2, -0.15) is 11.3 Å². The van der Waals surface area contributed by atoms with Crippen molar-refractivity contribution < 1.29 is 9.53 Å². The number of methoxy groups -OCH3 is 1. The molecular formula is C13H20N2O2S. The average Bonchev–Trinajstić information content (AvgIpc) is 2.87. The van der Waals surface area contributed by atoms with Crippen molar-refractivity contribution in [2.75, 3.05) is 33.9 Å². The molecule has 0 aliphatic heterocycles. The highest BCUT2D eigenvalue weighted by Crippen LogP contribution is 2.55. The Kier molecular flexibility index (Phi) is 4.04. The first-order valence-corrected chi connectivity index (χ1v) is 7.08. The minimum Gasteiger partial charge on any atom is -0.383 e. The summed E-state index contributed by atoms with van der Waals surface area (Å²) in [4.78, 5) is 14.4. The Hall–Kier alpha value is -0.910. The monoisotopic (exact) mass is 268 g/mol. The number of rotatable bonds is 6. The lowest BCUT2D eigenvalue weighted by molar-refractivity contribution is -0.133. The molecule has 5 heteroatoms. The van der Waals surface area contributed by atoms with E-state index < -0.39 is 0 Å². The fraction of sp³-hybridized carbons (Fsp3) is 0.615. The molecule has 2 N–H and O–H groups in total. The molecule has 1 aromatic heterocycles. The van der Waals surface area contributed by atoms with E-state index in [2.05, 4.69) is 5.38 Å². The molecule has 0 unspecified atom stereocenters. The van der Waals surface area contributed by atoms with E-state index in [4.69, 9.17) is 10.5 Å². The first-order valence-electron chi connectivity index (χ1n) is 6.14. The van der Waals surface area contributed by atoms with E-state index in [1.54, 1.807) is 23.3 Å². The number of likely N-dealkylation sites (N-methyl/N-ethyl adjacent to an activating group) is 1. The van der Waals surface area contributed by atoms with E-state index in [9.17, 15) is 4.79 Å². The molecule has 18 heavy (non-hydrogen) atoms. The third-order valence-corrected chi connectivity index (χ3v) is 4.47. The summed E-state index contributed by atoms with van der Waals surface area (Å²) in [7, 11) is 3.48. The summed E-state index contributed by atoms with van der Waals surface area (Å²) >= 11 is 1.63. The van der Waals surface area contributed by atoms with Gasteiger partial charge in [0, 0.05) is 20.7 Å². The van der Waals surface area contributed by atoms with E-state index in [0.29, 0.717) is 19.7 Å². The molecule has 2 rings (SSSR count). The van der Waals surface area contributed by atoms with Gasteiger partial charge in [0.1, 0.15) is 0 Å². The predicted molar refractivity (Wildman–Crippen MR) is 72.7 cm³/mol. The van der Waals surface area contributed by atoms with Gasteiger partial charge in [-0.15, -0.1) is 0 Å². The van der Waals surface area contributed by atoms with Crippen molar-refractivity contribution >= 4 is 17.2 Å². The van der Waals surface area contributed by atoms with Crippen LogP contribution in [0.3, 0.4) is 0 Å². The van der Waals surface area contributed by atoms with E-state index >= 15 is 0 Å². The lowest BCUT2D eigenvalue weighted by Crippen LogP contribution is -2.40. The highest BCUT2D eigenvalue weighted by atomic mass is 32.1. The molecule has 100 valence electrons. The maximum atomic E-state index is 12.6. The van der Waals surface area contributed by atoms with Gasteiger partial charge in [-0.1, -0.05) is 0 Å². The summed E-state index contributed by atoms with van der Waals surface area (Å²) in [6.07, 6.45) is 0.871. The average molecular weight is 268 g/mol. The van der Waals surface area contributed by atoms with E-state index in [1.807, 2.05) is 18.5 Å². The van der Waals surface area contributed by atoms with Crippen molar-refractivity contribution in [2.24, 2.45) is 11.7 Å². The van der Waals surface area contributed by atoms with Crippen LogP contribution in [0.1, 0.15) is 12.0 Å². The molecule has 2 atom stereocenters. The maximum absolute atomic E-state index is 12.6. The van der Waals surface area contributed by atoms with Crippen molar-refractivity contribution in [1.29, 1.82) is 0 Å². The molecule has 1 aromatic rings. The zero-order valence-corrected chi connectivity index (χ0v) is 11.7. The molecule has 4 nitrogen and oxygen atoms in total.